The molecular weight excluding hydrogens is 353 g/mol. The molecule has 2 heterocycles. The van der Waals surface area contributed by atoms with E-state index in [1.54, 1.807) is 27.6 Å². The Balaban J connectivity index is 1.79. The number of ether oxygens (including phenoxy) is 1. The highest BCUT2D eigenvalue weighted by Gasteiger charge is 2.41. The lowest BCUT2D eigenvalue weighted by Crippen LogP contribution is -2.42. The summed E-state index contributed by atoms with van der Waals surface area (Å²) >= 11 is 5.45. The van der Waals surface area contributed by atoms with Crippen LogP contribution in [0.15, 0.2) is 30.6 Å². The smallest absolute Gasteiger partial charge is 0.393 e. The van der Waals surface area contributed by atoms with Crippen molar-refractivity contribution >= 4 is 12.2 Å². The fraction of sp³-hybridized carbons (Fsp3) is 0.500. The molecule has 1 saturated heterocycles. The van der Waals surface area contributed by atoms with E-state index >= 15 is 0 Å². The summed E-state index contributed by atoms with van der Waals surface area (Å²) in [5.74, 6) is -0.639. The number of rotatable bonds is 4. The number of alkyl halides is 3. The molecule has 0 saturated carbocycles. The van der Waals surface area contributed by atoms with Gasteiger partial charge in [-0.25, -0.2) is 4.68 Å². The Labute approximate surface area is 148 Å². The van der Waals surface area contributed by atoms with Gasteiger partial charge in [0.05, 0.1) is 25.4 Å². The number of hydrogen-bond donors (Lipinski definition) is 0. The minimum Gasteiger partial charge on any atom is -0.495 e. The predicted molar refractivity (Wildman–Crippen MR) is 89.3 cm³/mol. The van der Waals surface area contributed by atoms with Crippen molar-refractivity contribution in [3.63, 3.8) is 0 Å². The quantitative estimate of drug-likeness (QED) is 0.768. The lowest BCUT2D eigenvalue weighted by atomic mass is 9.98. The molecule has 0 aliphatic carbocycles. The van der Waals surface area contributed by atoms with Gasteiger partial charge in [-0.3, -0.25) is 9.47 Å². The van der Waals surface area contributed by atoms with Crippen molar-refractivity contribution < 1.29 is 17.9 Å². The topological polar surface area (TPSA) is 35.2 Å². The van der Waals surface area contributed by atoms with Crippen molar-refractivity contribution in [1.82, 2.24) is 19.2 Å². The van der Waals surface area contributed by atoms with E-state index in [9.17, 15) is 13.2 Å². The Morgan fingerprint density at radius 2 is 2.08 bits per heavy atom. The largest absolute Gasteiger partial charge is 0.495 e. The predicted octanol–water partition coefficient (Wildman–Crippen LogP) is 3.64. The van der Waals surface area contributed by atoms with Crippen molar-refractivity contribution in [2.75, 3.05) is 20.2 Å². The third kappa shape index (κ3) is 3.87. The van der Waals surface area contributed by atoms with E-state index in [1.807, 2.05) is 24.3 Å². The second-order valence-corrected chi connectivity index (χ2v) is 6.42. The zero-order valence-electron chi connectivity index (χ0n) is 13.7. The van der Waals surface area contributed by atoms with E-state index in [-0.39, 0.29) is 19.6 Å². The molecule has 136 valence electrons. The Hall–Kier alpha value is -1.87. The first-order valence-corrected chi connectivity index (χ1v) is 8.38. The molecule has 0 unspecified atom stereocenters. The lowest BCUT2D eigenvalue weighted by Gasteiger charge is -2.33. The Morgan fingerprint density at radius 3 is 2.80 bits per heavy atom. The van der Waals surface area contributed by atoms with Crippen molar-refractivity contribution in [3.8, 4) is 11.4 Å². The third-order valence-corrected chi connectivity index (χ3v) is 4.79. The molecule has 0 radical (unpaired) electrons. The Bertz CT molecular complexity index is 786. The monoisotopic (exact) mass is 372 g/mol. The van der Waals surface area contributed by atoms with E-state index in [2.05, 4.69) is 5.10 Å². The molecule has 0 bridgehead atoms. The summed E-state index contributed by atoms with van der Waals surface area (Å²) in [6.45, 7) is 0.830. The van der Waals surface area contributed by atoms with Crippen LogP contribution in [0.3, 0.4) is 0 Å². The summed E-state index contributed by atoms with van der Waals surface area (Å²) in [6.07, 6.45) is -1.89. The van der Waals surface area contributed by atoms with Crippen molar-refractivity contribution in [1.29, 1.82) is 0 Å². The second kappa shape index (κ2) is 7.17. The van der Waals surface area contributed by atoms with Crippen LogP contribution in [0.5, 0.6) is 5.75 Å². The highest BCUT2D eigenvalue weighted by atomic mass is 32.1. The standard InChI is InChI=1S/C16H19F3N4OS/c1-24-14-7-3-2-6-13(14)22-10-20-23(15(22)25)11-21-8-4-5-12(9-21)16(17,18)19/h2-3,6-7,10,12H,4-5,8-9,11H2,1H3/t12-/m1/s1. The average molecular weight is 372 g/mol. The molecule has 5 nitrogen and oxygen atoms in total. The number of hydrogen-bond acceptors (Lipinski definition) is 4. The van der Waals surface area contributed by atoms with E-state index in [4.69, 9.17) is 17.0 Å². The van der Waals surface area contributed by atoms with Crippen LogP contribution in [-0.2, 0) is 6.67 Å². The van der Waals surface area contributed by atoms with Crippen LogP contribution in [0.25, 0.3) is 5.69 Å². The minimum atomic E-state index is -4.16. The number of aromatic nitrogens is 3. The fourth-order valence-corrected chi connectivity index (χ4v) is 3.32. The molecule has 0 N–H and O–H groups in total. The SMILES string of the molecule is COc1ccccc1-n1cnn(CN2CCC[C@@H](C(F)(F)F)C2)c1=S. The van der Waals surface area contributed by atoms with Gasteiger partial charge in [0.1, 0.15) is 12.1 Å². The Kier molecular flexibility index (Phi) is 5.14. The molecule has 1 aromatic carbocycles. The van der Waals surface area contributed by atoms with Crippen LogP contribution in [0, 0.1) is 10.7 Å². The normalized spacial score (nSPS) is 19.1. The molecule has 3 rings (SSSR count). The molecular formula is C16H19F3N4OS. The van der Waals surface area contributed by atoms with Crippen molar-refractivity contribution in [2.45, 2.75) is 25.7 Å². The number of methoxy groups -OCH3 is 1. The molecule has 2 aromatic rings. The van der Waals surface area contributed by atoms with Crippen LogP contribution >= 0.6 is 12.2 Å². The summed E-state index contributed by atoms with van der Waals surface area (Å²) in [6, 6.07) is 7.37. The van der Waals surface area contributed by atoms with E-state index in [1.165, 1.54) is 0 Å². The number of halogens is 3. The van der Waals surface area contributed by atoms with E-state index < -0.39 is 12.1 Å². The summed E-state index contributed by atoms with van der Waals surface area (Å²) in [5.41, 5.74) is 0.744. The van der Waals surface area contributed by atoms with Crippen LogP contribution in [0.4, 0.5) is 13.2 Å². The van der Waals surface area contributed by atoms with Crippen LogP contribution in [0.1, 0.15) is 12.8 Å². The second-order valence-electron chi connectivity index (χ2n) is 6.05. The van der Waals surface area contributed by atoms with Crippen LogP contribution < -0.4 is 4.74 Å². The first kappa shape index (κ1) is 17.9. The first-order chi connectivity index (χ1) is 11.9. The van der Waals surface area contributed by atoms with Gasteiger partial charge in [0, 0.05) is 6.54 Å². The van der Waals surface area contributed by atoms with E-state index in [0.29, 0.717) is 23.5 Å². The summed E-state index contributed by atoms with van der Waals surface area (Å²) in [4.78, 5) is 1.75. The first-order valence-electron chi connectivity index (χ1n) is 7.97. The zero-order valence-corrected chi connectivity index (χ0v) is 14.6. The van der Waals surface area contributed by atoms with Crippen molar-refractivity contribution in [2.24, 2.45) is 5.92 Å². The number of benzene rings is 1. The van der Waals surface area contributed by atoms with Gasteiger partial charge < -0.3 is 4.74 Å². The van der Waals surface area contributed by atoms with Gasteiger partial charge >= 0.3 is 6.18 Å². The van der Waals surface area contributed by atoms with Gasteiger partial charge in [-0.2, -0.15) is 18.3 Å². The minimum absolute atomic E-state index is 0.0210. The molecule has 1 aliphatic heterocycles. The number of nitrogens with zero attached hydrogens (tertiary/aromatic N) is 4. The summed E-state index contributed by atoms with van der Waals surface area (Å²) in [5, 5.41) is 4.25. The Morgan fingerprint density at radius 1 is 1.32 bits per heavy atom. The van der Waals surface area contributed by atoms with Gasteiger partial charge in [0.15, 0.2) is 0 Å². The number of piperidine rings is 1. The highest BCUT2D eigenvalue weighted by Crippen LogP contribution is 2.33. The molecule has 1 atom stereocenters. The van der Waals surface area contributed by atoms with Gasteiger partial charge in [-0.15, -0.1) is 0 Å². The maximum Gasteiger partial charge on any atom is 0.393 e. The van der Waals surface area contributed by atoms with Crippen LogP contribution in [0.2, 0.25) is 0 Å². The average Bonchev–Trinajstić information content (AvgIpc) is 2.95. The number of likely N-dealkylation sites (tertiary alicyclic amines) is 1. The van der Waals surface area contributed by atoms with Gasteiger partial charge in [0.2, 0.25) is 4.77 Å². The van der Waals surface area contributed by atoms with Crippen LogP contribution in [-0.4, -0.2) is 45.6 Å². The van der Waals surface area contributed by atoms with Gasteiger partial charge in [-0.05, 0) is 43.7 Å². The highest BCUT2D eigenvalue weighted by molar-refractivity contribution is 7.71. The van der Waals surface area contributed by atoms with E-state index in [0.717, 1.165) is 5.69 Å². The zero-order chi connectivity index (χ0) is 18.0. The lowest BCUT2D eigenvalue weighted by molar-refractivity contribution is -0.188. The third-order valence-electron chi connectivity index (χ3n) is 4.38. The molecule has 1 aliphatic rings. The molecule has 25 heavy (non-hydrogen) atoms. The maximum absolute atomic E-state index is 13.0. The molecule has 1 aromatic heterocycles. The van der Waals surface area contributed by atoms with Crippen molar-refractivity contribution in [3.05, 3.63) is 35.4 Å². The maximum atomic E-state index is 13.0. The summed E-state index contributed by atoms with van der Waals surface area (Å²) in [7, 11) is 1.57. The van der Waals surface area contributed by atoms with Gasteiger partial charge in [0.25, 0.3) is 0 Å². The molecule has 9 heteroatoms. The molecule has 0 spiro atoms. The summed E-state index contributed by atoms with van der Waals surface area (Å²) < 4.78 is 47.8. The molecule has 0 amide bonds. The van der Waals surface area contributed by atoms with Gasteiger partial charge in [-0.1, -0.05) is 12.1 Å². The molecule has 1 fully saturated rings. The number of para-hydroxylation sites is 2. The fourth-order valence-electron chi connectivity index (χ4n) is 3.07.